The number of rotatable bonds is 4. The summed E-state index contributed by atoms with van der Waals surface area (Å²) in [6, 6.07) is 7.11. The molecule has 1 aromatic carbocycles. The standard InChI is InChI=1S/C14H23N3O2S/c1-11(2)16-20(18,19)14-7-5-13(6-8-14)17-9-3-4-12(15)10-17/h5-8,11-12,16H,3-4,9-10,15H2,1-2H3/t12-/m1/s1. The van der Waals surface area contributed by atoms with E-state index in [-0.39, 0.29) is 12.1 Å². The second-order valence-corrected chi connectivity index (χ2v) is 7.33. The summed E-state index contributed by atoms with van der Waals surface area (Å²) in [6.07, 6.45) is 2.14. The molecule has 20 heavy (non-hydrogen) atoms. The van der Waals surface area contributed by atoms with Crippen molar-refractivity contribution in [1.29, 1.82) is 0 Å². The molecule has 0 bridgehead atoms. The molecule has 1 heterocycles. The smallest absolute Gasteiger partial charge is 0.240 e. The summed E-state index contributed by atoms with van der Waals surface area (Å²) in [6.45, 7) is 5.42. The van der Waals surface area contributed by atoms with E-state index in [1.165, 1.54) is 0 Å². The van der Waals surface area contributed by atoms with Gasteiger partial charge in [0.25, 0.3) is 0 Å². The highest BCUT2D eigenvalue weighted by Gasteiger charge is 2.19. The van der Waals surface area contributed by atoms with E-state index in [0.29, 0.717) is 4.90 Å². The molecule has 5 nitrogen and oxygen atoms in total. The fraction of sp³-hybridized carbons (Fsp3) is 0.571. The van der Waals surface area contributed by atoms with Gasteiger partial charge in [-0.25, -0.2) is 13.1 Å². The Morgan fingerprint density at radius 3 is 2.50 bits per heavy atom. The molecule has 0 radical (unpaired) electrons. The Bertz CT molecular complexity index is 540. The second kappa shape index (κ2) is 6.11. The lowest BCUT2D eigenvalue weighted by molar-refractivity contribution is 0.506. The van der Waals surface area contributed by atoms with Gasteiger partial charge in [0.05, 0.1) is 4.90 Å². The van der Waals surface area contributed by atoms with E-state index >= 15 is 0 Å². The second-order valence-electron chi connectivity index (χ2n) is 5.62. The minimum atomic E-state index is -3.41. The summed E-state index contributed by atoms with van der Waals surface area (Å²) >= 11 is 0. The normalized spacial score (nSPS) is 20.4. The molecule has 6 heteroatoms. The third kappa shape index (κ3) is 3.71. The van der Waals surface area contributed by atoms with Gasteiger partial charge >= 0.3 is 0 Å². The third-order valence-corrected chi connectivity index (χ3v) is 5.04. The Morgan fingerprint density at radius 1 is 1.30 bits per heavy atom. The topological polar surface area (TPSA) is 75.4 Å². The van der Waals surface area contributed by atoms with Crippen LogP contribution in [0.1, 0.15) is 26.7 Å². The zero-order valence-electron chi connectivity index (χ0n) is 12.0. The van der Waals surface area contributed by atoms with Gasteiger partial charge in [-0.2, -0.15) is 0 Å². The van der Waals surface area contributed by atoms with Crippen molar-refractivity contribution in [2.45, 2.75) is 43.7 Å². The third-order valence-electron chi connectivity index (χ3n) is 3.36. The molecule has 1 aliphatic heterocycles. The highest BCUT2D eigenvalue weighted by Crippen LogP contribution is 2.21. The molecule has 2 rings (SSSR count). The summed E-state index contributed by atoms with van der Waals surface area (Å²) in [5.41, 5.74) is 7.00. The van der Waals surface area contributed by atoms with Gasteiger partial charge in [-0.05, 0) is 51.0 Å². The van der Waals surface area contributed by atoms with Gasteiger partial charge in [-0.1, -0.05) is 0 Å². The van der Waals surface area contributed by atoms with Crippen molar-refractivity contribution in [2.24, 2.45) is 5.73 Å². The molecule has 0 unspecified atom stereocenters. The molecule has 1 saturated heterocycles. The Kier molecular flexibility index (Phi) is 4.67. The number of anilines is 1. The first kappa shape index (κ1) is 15.3. The van der Waals surface area contributed by atoms with Crippen LogP contribution in [-0.2, 0) is 10.0 Å². The Morgan fingerprint density at radius 2 is 1.95 bits per heavy atom. The fourth-order valence-corrected chi connectivity index (χ4v) is 3.71. The maximum absolute atomic E-state index is 12.0. The van der Waals surface area contributed by atoms with Gasteiger partial charge < -0.3 is 10.6 Å². The van der Waals surface area contributed by atoms with Gasteiger partial charge in [-0.15, -0.1) is 0 Å². The predicted octanol–water partition coefficient (Wildman–Crippen LogP) is 1.30. The van der Waals surface area contributed by atoms with E-state index in [4.69, 9.17) is 5.73 Å². The number of hydrogen-bond donors (Lipinski definition) is 2. The van der Waals surface area contributed by atoms with Crippen molar-refractivity contribution in [3.05, 3.63) is 24.3 Å². The number of nitrogens with one attached hydrogen (secondary N) is 1. The maximum Gasteiger partial charge on any atom is 0.240 e. The molecular weight excluding hydrogens is 274 g/mol. The van der Waals surface area contributed by atoms with Crippen LogP contribution in [0.15, 0.2) is 29.2 Å². The van der Waals surface area contributed by atoms with Crippen molar-refractivity contribution in [3.63, 3.8) is 0 Å². The van der Waals surface area contributed by atoms with Crippen LogP contribution in [0, 0.1) is 0 Å². The number of hydrogen-bond acceptors (Lipinski definition) is 4. The van der Waals surface area contributed by atoms with Gasteiger partial charge in [0.15, 0.2) is 0 Å². The average Bonchev–Trinajstić information content (AvgIpc) is 2.37. The predicted molar refractivity (Wildman–Crippen MR) is 81.3 cm³/mol. The molecule has 3 N–H and O–H groups in total. The van der Waals surface area contributed by atoms with Crippen molar-refractivity contribution >= 4 is 15.7 Å². The molecule has 0 aliphatic carbocycles. The molecular formula is C14H23N3O2S. The lowest BCUT2D eigenvalue weighted by Gasteiger charge is -2.32. The first-order valence-corrected chi connectivity index (χ1v) is 8.50. The van der Waals surface area contributed by atoms with Gasteiger partial charge in [0, 0.05) is 30.9 Å². The Balaban J connectivity index is 2.14. The van der Waals surface area contributed by atoms with E-state index in [1.54, 1.807) is 26.0 Å². The number of nitrogens with zero attached hydrogens (tertiary/aromatic N) is 1. The highest BCUT2D eigenvalue weighted by molar-refractivity contribution is 7.89. The van der Waals surface area contributed by atoms with Crippen molar-refractivity contribution in [3.8, 4) is 0 Å². The van der Waals surface area contributed by atoms with Crippen molar-refractivity contribution in [2.75, 3.05) is 18.0 Å². The molecule has 0 spiro atoms. The number of sulfonamides is 1. The molecule has 0 aromatic heterocycles. The highest BCUT2D eigenvalue weighted by atomic mass is 32.2. The van der Waals surface area contributed by atoms with Crippen LogP contribution in [0.5, 0.6) is 0 Å². The summed E-state index contributed by atoms with van der Waals surface area (Å²) in [7, 11) is -3.41. The average molecular weight is 297 g/mol. The van der Waals surface area contributed by atoms with Crippen LogP contribution in [0.25, 0.3) is 0 Å². The molecule has 112 valence electrons. The first-order chi connectivity index (χ1) is 9.38. The van der Waals surface area contributed by atoms with E-state index in [9.17, 15) is 8.42 Å². The number of nitrogens with two attached hydrogens (primary N) is 1. The minimum absolute atomic E-state index is 0.111. The van der Waals surface area contributed by atoms with Crippen molar-refractivity contribution in [1.82, 2.24) is 4.72 Å². The van der Waals surface area contributed by atoms with Gasteiger partial charge in [0.2, 0.25) is 10.0 Å². The molecule has 1 aromatic rings. The van der Waals surface area contributed by atoms with E-state index in [2.05, 4.69) is 9.62 Å². The van der Waals surface area contributed by atoms with Crippen LogP contribution in [0.3, 0.4) is 0 Å². The molecule has 1 fully saturated rings. The van der Waals surface area contributed by atoms with Crippen molar-refractivity contribution < 1.29 is 8.42 Å². The number of piperidine rings is 1. The molecule has 0 saturated carbocycles. The monoisotopic (exact) mass is 297 g/mol. The SMILES string of the molecule is CC(C)NS(=O)(=O)c1ccc(N2CCC[C@@H](N)C2)cc1. The first-order valence-electron chi connectivity index (χ1n) is 7.01. The summed E-state index contributed by atoms with van der Waals surface area (Å²) in [5.74, 6) is 0. The summed E-state index contributed by atoms with van der Waals surface area (Å²) < 4.78 is 26.7. The van der Waals surface area contributed by atoms with Crippen LogP contribution >= 0.6 is 0 Å². The Hall–Kier alpha value is -1.11. The minimum Gasteiger partial charge on any atom is -0.370 e. The lowest BCUT2D eigenvalue weighted by atomic mass is 10.1. The zero-order chi connectivity index (χ0) is 14.8. The van der Waals surface area contributed by atoms with E-state index in [0.717, 1.165) is 31.6 Å². The van der Waals surface area contributed by atoms with E-state index in [1.807, 2.05) is 12.1 Å². The molecule has 1 atom stereocenters. The Labute approximate surface area is 121 Å². The molecule has 0 amide bonds. The quantitative estimate of drug-likeness (QED) is 0.878. The van der Waals surface area contributed by atoms with Crippen LogP contribution in [-0.4, -0.2) is 33.6 Å². The van der Waals surface area contributed by atoms with Crippen LogP contribution in [0.4, 0.5) is 5.69 Å². The van der Waals surface area contributed by atoms with Crippen LogP contribution < -0.4 is 15.4 Å². The molecule has 1 aliphatic rings. The van der Waals surface area contributed by atoms with E-state index < -0.39 is 10.0 Å². The summed E-state index contributed by atoms with van der Waals surface area (Å²) in [5, 5.41) is 0. The lowest BCUT2D eigenvalue weighted by Crippen LogP contribution is -2.42. The largest absolute Gasteiger partial charge is 0.370 e. The maximum atomic E-state index is 12.0. The fourth-order valence-electron chi connectivity index (χ4n) is 2.46. The van der Waals surface area contributed by atoms with Crippen LogP contribution in [0.2, 0.25) is 0 Å². The zero-order valence-corrected chi connectivity index (χ0v) is 12.9. The number of benzene rings is 1. The van der Waals surface area contributed by atoms with Gasteiger partial charge in [0.1, 0.15) is 0 Å². The van der Waals surface area contributed by atoms with Gasteiger partial charge in [-0.3, -0.25) is 0 Å². The summed E-state index contributed by atoms with van der Waals surface area (Å²) in [4.78, 5) is 2.51.